The third-order valence-electron chi connectivity index (χ3n) is 2.72. The predicted molar refractivity (Wildman–Crippen MR) is 87.0 cm³/mol. The summed E-state index contributed by atoms with van der Waals surface area (Å²) in [7, 11) is 1.61. The third-order valence-corrected chi connectivity index (χ3v) is 4.42. The Labute approximate surface area is 136 Å². The first-order chi connectivity index (χ1) is 10.2. The average Bonchev–Trinajstić information content (AvgIpc) is 2.91. The summed E-state index contributed by atoms with van der Waals surface area (Å²) in [5, 5.41) is 4.89. The first-order valence-corrected chi connectivity index (χ1v) is 8.10. The molecule has 1 heterocycles. The van der Waals surface area contributed by atoms with Crippen LogP contribution in [0.15, 0.2) is 40.2 Å². The molecule has 1 aromatic heterocycles. The number of benzene rings is 1. The number of para-hydroxylation sites is 1. The van der Waals surface area contributed by atoms with Crippen molar-refractivity contribution in [1.82, 2.24) is 5.32 Å². The Morgan fingerprint density at radius 3 is 2.86 bits per heavy atom. The summed E-state index contributed by atoms with van der Waals surface area (Å²) < 4.78 is 11.5. The van der Waals surface area contributed by atoms with Crippen molar-refractivity contribution in [1.29, 1.82) is 0 Å². The van der Waals surface area contributed by atoms with Crippen LogP contribution in [0.4, 0.5) is 0 Å². The number of hydrogen-bond donors (Lipinski definition) is 1. The van der Waals surface area contributed by atoms with Crippen LogP contribution in [0.3, 0.4) is 0 Å². The standard InChI is InChI=1S/C15H16BrNO3S/c1-19-6-7-20-14-5-3-2-4-13(14)15(18)17-9-12-8-11(16)10-21-12/h2-5,8,10H,6-7,9H2,1H3,(H,17,18). The predicted octanol–water partition coefficient (Wildman–Crippen LogP) is 3.47. The van der Waals surface area contributed by atoms with Crippen molar-refractivity contribution in [3.8, 4) is 5.75 Å². The molecule has 4 nitrogen and oxygen atoms in total. The number of halogens is 1. The van der Waals surface area contributed by atoms with Crippen molar-refractivity contribution in [2.75, 3.05) is 20.3 Å². The molecule has 0 saturated heterocycles. The van der Waals surface area contributed by atoms with Gasteiger partial charge in [-0.05, 0) is 34.1 Å². The second kappa shape index (κ2) is 8.17. The number of carbonyl (C=O) groups is 1. The lowest BCUT2D eigenvalue weighted by atomic mass is 10.2. The second-order valence-corrected chi connectivity index (χ2v) is 6.16. The van der Waals surface area contributed by atoms with E-state index in [0.717, 1.165) is 9.35 Å². The highest BCUT2D eigenvalue weighted by Gasteiger charge is 2.12. The molecule has 1 N–H and O–H groups in total. The van der Waals surface area contributed by atoms with Crippen LogP contribution in [0, 0.1) is 0 Å². The van der Waals surface area contributed by atoms with E-state index in [2.05, 4.69) is 21.2 Å². The van der Waals surface area contributed by atoms with Gasteiger partial charge in [0.2, 0.25) is 0 Å². The van der Waals surface area contributed by atoms with E-state index >= 15 is 0 Å². The van der Waals surface area contributed by atoms with Gasteiger partial charge in [0.05, 0.1) is 18.7 Å². The van der Waals surface area contributed by atoms with Gasteiger partial charge in [0.25, 0.3) is 5.91 Å². The van der Waals surface area contributed by atoms with Gasteiger partial charge in [0.1, 0.15) is 12.4 Å². The lowest BCUT2D eigenvalue weighted by molar-refractivity contribution is 0.0943. The molecule has 0 atom stereocenters. The zero-order valence-electron chi connectivity index (χ0n) is 11.6. The fourth-order valence-electron chi connectivity index (χ4n) is 1.72. The average molecular weight is 370 g/mol. The summed E-state index contributed by atoms with van der Waals surface area (Å²) in [4.78, 5) is 13.3. The Morgan fingerprint density at radius 2 is 2.14 bits per heavy atom. The van der Waals surface area contributed by atoms with E-state index in [0.29, 0.717) is 31.1 Å². The molecule has 1 aromatic carbocycles. The number of nitrogens with one attached hydrogen (secondary N) is 1. The molecule has 0 fully saturated rings. The fraction of sp³-hybridized carbons (Fsp3) is 0.267. The molecule has 112 valence electrons. The van der Waals surface area contributed by atoms with E-state index in [1.807, 2.05) is 23.6 Å². The molecule has 1 amide bonds. The van der Waals surface area contributed by atoms with E-state index in [1.54, 1.807) is 30.6 Å². The van der Waals surface area contributed by atoms with Crippen LogP contribution in [-0.2, 0) is 11.3 Å². The number of methoxy groups -OCH3 is 1. The number of ether oxygens (including phenoxy) is 2. The molecule has 0 aliphatic rings. The summed E-state index contributed by atoms with van der Waals surface area (Å²) in [6.45, 7) is 1.40. The maximum absolute atomic E-state index is 12.2. The van der Waals surface area contributed by atoms with Crippen molar-refractivity contribution in [2.24, 2.45) is 0 Å². The number of hydrogen-bond acceptors (Lipinski definition) is 4. The molecule has 0 bridgehead atoms. The second-order valence-electron chi connectivity index (χ2n) is 4.25. The molecule has 0 aliphatic heterocycles. The highest BCUT2D eigenvalue weighted by molar-refractivity contribution is 9.10. The zero-order chi connectivity index (χ0) is 15.1. The SMILES string of the molecule is COCCOc1ccccc1C(=O)NCc1cc(Br)cs1. The van der Waals surface area contributed by atoms with Crippen LogP contribution in [0.2, 0.25) is 0 Å². The molecule has 0 saturated carbocycles. The summed E-state index contributed by atoms with van der Waals surface area (Å²) in [5.74, 6) is 0.423. The van der Waals surface area contributed by atoms with E-state index in [9.17, 15) is 4.79 Å². The van der Waals surface area contributed by atoms with Gasteiger partial charge in [-0.3, -0.25) is 4.79 Å². The molecule has 2 aromatic rings. The molecule has 2 rings (SSSR count). The highest BCUT2D eigenvalue weighted by Crippen LogP contribution is 2.21. The van der Waals surface area contributed by atoms with E-state index in [-0.39, 0.29) is 5.91 Å². The van der Waals surface area contributed by atoms with Gasteiger partial charge in [0, 0.05) is 21.8 Å². The summed E-state index contributed by atoms with van der Waals surface area (Å²) in [5.41, 5.74) is 0.532. The quantitative estimate of drug-likeness (QED) is 0.760. The molecular formula is C15H16BrNO3S. The normalized spacial score (nSPS) is 10.4. The molecule has 0 spiro atoms. The Hall–Kier alpha value is -1.37. The number of carbonyl (C=O) groups excluding carboxylic acids is 1. The lowest BCUT2D eigenvalue weighted by Gasteiger charge is -2.11. The summed E-state index contributed by atoms with van der Waals surface area (Å²) in [6, 6.07) is 9.19. The van der Waals surface area contributed by atoms with Crippen LogP contribution in [0.1, 0.15) is 15.2 Å². The van der Waals surface area contributed by atoms with Crippen LogP contribution >= 0.6 is 27.3 Å². The Morgan fingerprint density at radius 1 is 1.33 bits per heavy atom. The van der Waals surface area contributed by atoms with E-state index < -0.39 is 0 Å². The van der Waals surface area contributed by atoms with E-state index in [1.165, 1.54) is 0 Å². The van der Waals surface area contributed by atoms with Gasteiger partial charge >= 0.3 is 0 Å². The van der Waals surface area contributed by atoms with Crippen LogP contribution in [0.5, 0.6) is 5.75 Å². The van der Waals surface area contributed by atoms with E-state index in [4.69, 9.17) is 9.47 Å². The number of thiophene rings is 1. The molecule has 0 aliphatic carbocycles. The minimum absolute atomic E-state index is 0.146. The van der Waals surface area contributed by atoms with Gasteiger partial charge in [-0.15, -0.1) is 11.3 Å². The van der Waals surface area contributed by atoms with Crippen molar-refractivity contribution >= 4 is 33.2 Å². The Balaban J connectivity index is 1.97. The van der Waals surface area contributed by atoms with Crippen molar-refractivity contribution < 1.29 is 14.3 Å². The van der Waals surface area contributed by atoms with Gasteiger partial charge in [0.15, 0.2) is 0 Å². The van der Waals surface area contributed by atoms with Crippen LogP contribution in [-0.4, -0.2) is 26.2 Å². The molecular weight excluding hydrogens is 354 g/mol. The fourth-order valence-corrected chi connectivity index (χ4v) is 3.11. The van der Waals surface area contributed by atoms with Crippen LogP contribution < -0.4 is 10.1 Å². The molecule has 0 radical (unpaired) electrons. The van der Waals surface area contributed by atoms with Gasteiger partial charge < -0.3 is 14.8 Å². The smallest absolute Gasteiger partial charge is 0.255 e. The molecule has 6 heteroatoms. The van der Waals surface area contributed by atoms with Crippen molar-refractivity contribution in [3.63, 3.8) is 0 Å². The maximum atomic E-state index is 12.2. The minimum atomic E-state index is -0.146. The monoisotopic (exact) mass is 369 g/mol. The van der Waals surface area contributed by atoms with Gasteiger partial charge in [-0.1, -0.05) is 12.1 Å². The van der Waals surface area contributed by atoms with Crippen molar-refractivity contribution in [3.05, 3.63) is 50.6 Å². The third kappa shape index (κ3) is 4.84. The lowest BCUT2D eigenvalue weighted by Crippen LogP contribution is -2.23. The molecule has 0 unspecified atom stereocenters. The summed E-state index contributed by atoms with van der Waals surface area (Å²) in [6.07, 6.45) is 0. The maximum Gasteiger partial charge on any atom is 0.255 e. The Kier molecular flexibility index (Phi) is 6.22. The van der Waals surface area contributed by atoms with Gasteiger partial charge in [-0.25, -0.2) is 0 Å². The van der Waals surface area contributed by atoms with Gasteiger partial charge in [-0.2, -0.15) is 0 Å². The largest absolute Gasteiger partial charge is 0.490 e. The first-order valence-electron chi connectivity index (χ1n) is 6.42. The summed E-state index contributed by atoms with van der Waals surface area (Å²) >= 11 is 5.00. The zero-order valence-corrected chi connectivity index (χ0v) is 14.0. The topological polar surface area (TPSA) is 47.6 Å². The Bertz CT molecular complexity index is 600. The van der Waals surface area contributed by atoms with Crippen molar-refractivity contribution in [2.45, 2.75) is 6.54 Å². The first kappa shape index (κ1) is 16.0. The minimum Gasteiger partial charge on any atom is -0.490 e. The highest BCUT2D eigenvalue weighted by atomic mass is 79.9. The number of rotatable bonds is 7. The molecule has 21 heavy (non-hydrogen) atoms. The van der Waals surface area contributed by atoms with Crippen LogP contribution in [0.25, 0.3) is 0 Å². The number of amides is 1.